The first-order valence-electron chi connectivity index (χ1n) is 7.49. The molecule has 1 amide bonds. The Balaban J connectivity index is 2.14. The number of nitrogens with two attached hydrogens (primary N) is 1. The van der Waals surface area contributed by atoms with Crippen LogP contribution < -0.4 is 20.6 Å². The Morgan fingerprint density at radius 2 is 2.25 bits per heavy atom. The van der Waals surface area contributed by atoms with Crippen LogP contribution in [0.5, 0.6) is 11.5 Å². The van der Waals surface area contributed by atoms with Gasteiger partial charge in [-0.25, -0.2) is 10.4 Å². The molecule has 0 saturated heterocycles. The summed E-state index contributed by atoms with van der Waals surface area (Å²) in [6, 6.07) is 5.46. The number of nitrogen functional groups attached to an aromatic ring is 1. The van der Waals surface area contributed by atoms with Crippen molar-refractivity contribution in [1.82, 2.24) is 10.4 Å². The number of hydrogen-bond donors (Lipinski definition) is 2. The zero-order valence-corrected chi connectivity index (χ0v) is 14.6. The minimum absolute atomic E-state index is 0.336. The molecule has 7 nitrogen and oxygen atoms in total. The number of methoxy groups -OCH3 is 1. The van der Waals surface area contributed by atoms with Crippen molar-refractivity contribution >= 4 is 28.6 Å². The highest BCUT2D eigenvalue weighted by Crippen LogP contribution is 2.29. The van der Waals surface area contributed by atoms with Crippen molar-refractivity contribution in [2.24, 2.45) is 5.10 Å². The Bertz CT molecular complexity index is 743. The number of ether oxygens (including phenoxy) is 2. The van der Waals surface area contributed by atoms with E-state index >= 15 is 0 Å². The molecule has 0 bridgehead atoms. The highest BCUT2D eigenvalue weighted by molar-refractivity contribution is 7.17. The van der Waals surface area contributed by atoms with Gasteiger partial charge < -0.3 is 15.2 Å². The van der Waals surface area contributed by atoms with E-state index in [1.807, 2.05) is 32.0 Å². The molecular weight excluding hydrogens is 328 g/mol. The highest BCUT2D eigenvalue weighted by atomic mass is 32.1. The summed E-state index contributed by atoms with van der Waals surface area (Å²) >= 11 is 1.15. The SMILES string of the molecule is CCOc1cccc(/C=N\NC(=O)c2sc(N)nc2CC)c1OC. The van der Waals surface area contributed by atoms with E-state index in [4.69, 9.17) is 15.2 Å². The lowest BCUT2D eigenvalue weighted by Crippen LogP contribution is -2.17. The van der Waals surface area contributed by atoms with Crippen molar-refractivity contribution in [3.63, 3.8) is 0 Å². The molecule has 8 heteroatoms. The molecule has 0 aliphatic carbocycles. The van der Waals surface area contributed by atoms with Crippen LogP contribution in [0.15, 0.2) is 23.3 Å². The largest absolute Gasteiger partial charge is 0.492 e. The van der Waals surface area contributed by atoms with E-state index in [1.54, 1.807) is 7.11 Å². The lowest BCUT2D eigenvalue weighted by molar-refractivity contribution is 0.0958. The number of nitrogens with one attached hydrogen (secondary N) is 1. The summed E-state index contributed by atoms with van der Waals surface area (Å²) in [6.45, 7) is 4.34. The van der Waals surface area contributed by atoms with Crippen molar-refractivity contribution in [3.05, 3.63) is 34.3 Å². The fourth-order valence-electron chi connectivity index (χ4n) is 2.12. The molecule has 0 fully saturated rings. The minimum atomic E-state index is -0.336. The molecule has 0 aliphatic heterocycles. The predicted molar refractivity (Wildman–Crippen MR) is 95.1 cm³/mol. The second kappa shape index (κ2) is 8.30. The first-order valence-corrected chi connectivity index (χ1v) is 8.30. The maximum atomic E-state index is 12.2. The van der Waals surface area contributed by atoms with E-state index in [-0.39, 0.29) is 5.91 Å². The topological polar surface area (TPSA) is 98.8 Å². The summed E-state index contributed by atoms with van der Waals surface area (Å²) in [5.74, 6) is 0.852. The zero-order chi connectivity index (χ0) is 17.5. The molecule has 0 radical (unpaired) electrons. The van der Waals surface area contributed by atoms with Crippen LogP contribution in [-0.4, -0.2) is 30.8 Å². The fraction of sp³-hybridized carbons (Fsp3) is 0.312. The van der Waals surface area contributed by atoms with E-state index in [2.05, 4.69) is 15.5 Å². The number of aromatic nitrogens is 1. The average Bonchev–Trinajstić information content (AvgIpc) is 2.96. The van der Waals surface area contributed by atoms with Gasteiger partial charge in [0.1, 0.15) is 4.88 Å². The van der Waals surface area contributed by atoms with Crippen LogP contribution in [0.25, 0.3) is 0 Å². The van der Waals surface area contributed by atoms with Crippen LogP contribution in [0.1, 0.15) is 34.8 Å². The van der Waals surface area contributed by atoms with Crippen LogP contribution in [0.2, 0.25) is 0 Å². The van der Waals surface area contributed by atoms with Crippen molar-refractivity contribution in [3.8, 4) is 11.5 Å². The number of carbonyl (C=O) groups excluding carboxylic acids is 1. The molecule has 0 spiro atoms. The minimum Gasteiger partial charge on any atom is -0.492 e. The van der Waals surface area contributed by atoms with Gasteiger partial charge in [0.05, 0.1) is 25.6 Å². The monoisotopic (exact) mass is 348 g/mol. The molecule has 0 atom stereocenters. The molecule has 0 unspecified atom stereocenters. The van der Waals surface area contributed by atoms with E-state index in [0.717, 1.165) is 11.3 Å². The summed E-state index contributed by atoms with van der Waals surface area (Å²) in [5.41, 5.74) is 9.51. The predicted octanol–water partition coefficient (Wildman–Crippen LogP) is 2.46. The fourth-order valence-corrected chi connectivity index (χ4v) is 2.93. The number of carbonyl (C=O) groups is 1. The number of hydrogen-bond acceptors (Lipinski definition) is 7. The number of nitrogens with zero attached hydrogens (tertiary/aromatic N) is 2. The lowest BCUT2D eigenvalue weighted by atomic mass is 10.2. The zero-order valence-electron chi connectivity index (χ0n) is 13.8. The van der Waals surface area contributed by atoms with E-state index < -0.39 is 0 Å². The van der Waals surface area contributed by atoms with Crippen molar-refractivity contribution in [2.45, 2.75) is 20.3 Å². The van der Waals surface area contributed by atoms with Gasteiger partial charge in [-0.1, -0.05) is 24.3 Å². The Morgan fingerprint density at radius 3 is 2.92 bits per heavy atom. The Kier molecular flexibility index (Phi) is 6.14. The summed E-state index contributed by atoms with van der Waals surface area (Å²) in [7, 11) is 1.56. The first-order chi connectivity index (χ1) is 11.6. The van der Waals surface area contributed by atoms with Crippen molar-refractivity contribution in [1.29, 1.82) is 0 Å². The maximum absolute atomic E-state index is 12.2. The molecule has 3 N–H and O–H groups in total. The summed E-state index contributed by atoms with van der Waals surface area (Å²) < 4.78 is 10.9. The lowest BCUT2D eigenvalue weighted by Gasteiger charge is -2.11. The second-order valence-corrected chi connectivity index (χ2v) is 5.72. The number of hydrazone groups is 1. The molecule has 24 heavy (non-hydrogen) atoms. The molecule has 1 aromatic carbocycles. The van der Waals surface area contributed by atoms with Gasteiger partial charge in [-0.3, -0.25) is 4.79 Å². The third-order valence-electron chi connectivity index (χ3n) is 3.14. The maximum Gasteiger partial charge on any atom is 0.283 e. The molecule has 0 aliphatic rings. The highest BCUT2D eigenvalue weighted by Gasteiger charge is 2.15. The van der Waals surface area contributed by atoms with E-state index in [1.165, 1.54) is 6.21 Å². The second-order valence-electron chi connectivity index (χ2n) is 4.69. The number of thiazole rings is 1. The van der Waals surface area contributed by atoms with Crippen molar-refractivity contribution < 1.29 is 14.3 Å². The molecule has 2 rings (SSSR count). The van der Waals surface area contributed by atoms with Gasteiger partial charge in [0, 0.05) is 5.56 Å². The van der Waals surface area contributed by atoms with Crippen LogP contribution in [-0.2, 0) is 6.42 Å². The summed E-state index contributed by atoms with van der Waals surface area (Å²) in [6.07, 6.45) is 2.14. The van der Waals surface area contributed by atoms with E-state index in [9.17, 15) is 4.79 Å². The summed E-state index contributed by atoms with van der Waals surface area (Å²) in [4.78, 5) is 16.8. The number of rotatable bonds is 7. The van der Waals surface area contributed by atoms with Gasteiger partial charge in [-0.2, -0.15) is 5.10 Å². The third kappa shape index (κ3) is 4.02. The normalized spacial score (nSPS) is 10.8. The smallest absolute Gasteiger partial charge is 0.283 e. The van der Waals surface area contributed by atoms with Crippen LogP contribution in [0, 0.1) is 0 Å². The van der Waals surface area contributed by atoms with Gasteiger partial charge in [0.25, 0.3) is 5.91 Å². The van der Waals surface area contributed by atoms with Gasteiger partial charge >= 0.3 is 0 Å². The van der Waals surface area contributed by atoms with Crippen molar-refractivity contribution in [2.75, 3.05) is 19.5 Å². The Hall–Kier alpha value is -2.61. The standard InChI is InChI=1S/C16H20N4O3S/c1-4-11-14(24-16(17)19-11)15(21)20-18-9-10-7-6-8-12(23-5-2)13(10)22-3/h6-9H,4-5H2,1-3H3,(H2,17,19)(H,20,21)/b18-9-. The molecule has 128 valence electrons. The number of aryl methyl sites for hydroxylation is 1. The number of para-hydroxylation sites is 1. The van der Waals surface area contributed by atoms with Crippen LogP contribution in [0.4, 0.5) is 5.13 Å². The molecule has 1 aromatic heterocycles. The number of benzene rings is 1. The first kappa shape index (κ1) is 17.7. The Labute approximate surface area is 144 Å². The quantitative estimate of drug-likeness (QED) is 0.591. The average molecular weight is 348 g/mol. The molecule has 2 aromatic rings. The van der Waals surface area contributed by atoms with Gasteiger partial charge in [0.15, 0.2) is 16.6 Å². The van der Waals surface area contributed by atoms with Crippen LogP contribution in [0.3, 0.4) is 0 Å². The van der Waals surface area contributed by atoms with E-state index in [0.29, 0.717) is 45.8 Å². The number of anilines is 1. The molecular formula is C16H20N4O3S. The third-order valence-corrected chi connectivity index (χ3v) is 4.06. The summed E-state index contributed by atoms with van der Waals surface area (Å²) in [5, 5.41) is 4.36. The van der Waals surface area contributed by atoms with Gasteiger partial charge in [0.2, 0.25) is 0 Å². The van der Waals surface area contributed by atoms with Gasteiger partial charge in [-0.05, 0) is 25.5 Å². The van der Waals surface area contributed by atoms with Gasteiger partial charge in [-0.15, -0.1) is 0 Å². The number of amides is 1. The van der Waals surface area contributed by atoms with Crippen LogP contribution >= 0.6 is 11.3 Å². The Morgan fingerprint density at radius 1 is 1.46 bits per heavy atom. The molecule has 1 heterocycles. The molecule has 0 saturated carbocycles.